The van der Waals surface area contributed by atoms with Gasteiger partial charge in [-0.3, -0.25) is 9.59 Å². The van der Waals surface area contributed by atoms with E-state index in [0.29, 0.717) is 11.1 Å². The largest absolute Gasteiger partial charge is 0.467 e. The number of amides is 2. The zero-order chi connectivity index (χ0) is 33.2. The third-order valence-electron chi connectivity index (χ3n) is 8.20. The number of rotatable bonds is 8. The van der Waals surface area contributed by atoms with Gasteiger partial charge in [0.1, 0.15) is 0 Å². The van der Waals surface area contributed by atoms with Crippen LogP contribution in [0.25, 0.3) is 0 Å². The molecule has 1 fully saturated rings. The van der Waals surface area contributed by atoms with Crippen molar-refractivity contribution < 1.29 is 28.7 Å². The average Bonchev–Trinajstić information content (AvgIpc) is 3.07. The lowest BCUT2D eigenvalue weighted by Crippen LogP contribution is -2.90. The Morgan fingerprint density at radius 1 is 0.543 bits per heavy atom. The Bertz CT molecular complexity index is 1690. The van der Waals surface area contributed by atoms with Crippen molar-refractivity contribution in [3.63, 3.8) is 0 Å². The van der Waals surface area contributed by atoms with E-state index in [1.165, 1.54) is 48.5 Å². The molecule has 1 aliphatic rings. The molecule has 0 aliphatic heterocycles. The van der Waals surface area contributed by atoms with Crippen molar-refractivity contribution in [1.29, 1.82) is 0 Å². The van der Waals surface area contributed by atoms with Crippen molar-refractivity contribution in [3.8, 4) is 0 Å². The summed E-state index contributed by atoms with van der Waals surface area (Å²) in [5, 5.41) is 6.35. The number of hydrogen-bond donors (Lipinski definition) is 2. The van der Waals surface area contributed by atoms with Crippen LogP contribution in [0, 0.1) is 0 Å². The Morgan fingerprint density at radius 2 is 0.891 bits per heavy atom. The highest BCUT2D eigenvalue weighted by Crippen LogP contribution is 2.64. The van der Waals surface area contributed by atoms with Gasteiger partial charge in [0.2, 0.25) is 0 Å². The molecule has 4 atom stereocenters. The first kappa shape index (κ1) is 33.3. The highest BCUT2D eigenvalue weighted by atomic mass is 35.5. The lowest BCUT2D eigenvalue weighted by molar-refractivity contribution is -0.181. The van der Waals surface area contributed by atoms with Gasteiger partial charge >= 0.3 is 11.9 Å². The average molecular weight is 700 g/mol. The van der Waals surface area contributed by atoms with Crippen molar-refractivity contribution >= 4 is 70.2 Å². The molecule has 4 aromatic carbocycles. The number of hydrogen-bond acceptors (Lipinski definition) is 6. The normalized spacial score (nSPS) is 21.8. The maximum absolute atomic E-state index is 14.4. The van der Waals surface area contributed by atoms with Crippen LogP contribution in [0.1, 0.15) is 43.7 Å². The number of carbonyl (C=O) groups is 4. The van der Waals surface area contributed by atoms with Crippen LogP contribution in [-0.4, -0.2) is 49.1 Å². The molecule has 1 saturated carbocycles. The van der Waals surface area contributed by atoms with Crippen LogP contribution in [0.5, 0.6) is 0 Å². The number of carbonyl (C=O) groups excluding carboxylic acids is 4. The van der Waals surface area contributed by atoms with Crippen LogP contribution >= 0.6 is 46.4 Å². The molecule has 5 rings (SSSR count). The molecule has 8 nitrogen and oxygen atoms in total. The molecule has 4 aromatic rings. The van der Waals surface area contributed by atoms with Crippen LogP contribution in [0.3, 0.4) is 0 Å². The monoisotopic (exact) mass is 698 g/mol. The molecule has 0 saturated heterocycles. The maximum atomic E-state index is 14.4. The minimum atomic E-state index is -2.32. The quantitative estimate of drug-likeness (QED) is 0.194. The molecule has 2 amide bonds. The molecule has 0 radical (unpaired) electrons. The fraction of sp³-hybridized carbons (Fsp3) is 0.176. The minimum absolute atomic E-state index is 0.143. The van der Waals surface area contributed by atoms with E-state index in [-0.39, 0.29) is 31.2 Å². The molecule has 1 aliphatic carbocycles. The number of halogens is 4. The van der Waals surface area contributed by atoms with Crippen molar-refractivity contribution in [2.24, 2.45) is 0 Å². The summed E-state index contributed by atoms with van der Waals surface area (Å²) in [5.41, 5.74) is -3.52. The molecule has 236 valence electrons. The molecule has 4 unspecified atom stereocenters. The summed E-state index contributed by atoms with van der Waals surface area (Å²) in [4.78, 5) is 56.7. The number of ether oxygens (including phenoxy) is 2. The Balaban J connectivity index is 1.87. The lowest BCUT2D eigenvalue weighted by Gasteiger charge is -2.65. The predicted octanol–water partition coefficient (Wildman–Crippen LogP) is 6.86. The number of methoxy groups -OCH3 is 2. The molecular formula is C34H26Cl4N2O6. The predicted molar refractivity (Wildman–Crippen MR) is 176 cm³/mol. The Hall–Kier alpha value is -4.08. The number of esters is 2. The summed E-state index contributed by atoms with van der Waals surface area (Å²) in [5.74, 6) is -5.77. The van der Waals surface area contributed by atoms with E-state index in [0.717, 1.165) is 14.2 Å². The van der Waals surface area contributed by atoms with Crippen LogP contribution in [0.15, 0.2) is 97.1 Å². The van der Waals surface area contributed by atoms with Gasteiger partial charge in [0.05, 0.1) is 34.3 Å². The second-order valence-corrected chi connectivity index (χ2v) is 12.2. The van der Waals surface area contributed by atoms with Gasteiger partial charge in [0.25, 0.3) is 11.8 Å². The van der Waals surface area contributed by atoms with E-state index in [2.05, 4.69) is 10.6 Å². The smallest absolute Gasteiger partial charge is 0.335 e. The molecule has 0 bridgehead atoms. The number of nitrogens with one attached hydrogen (secondary N) is 2. The zero-order valence-electron chi connectivity index (χ0n) is 24.4. The summed E-state index contributed by atoms with van der Waals surface area (Å²) < 4.78 is 10.7. The van der Waals surface area contributed by atoms with E-state index in [4.69, 9.17) is 55.9 Å². The second-order valence-electron chi connectivity index (χ2n) is 10.5. The lowest BCUT2D eigenvalue weighted by atomic mass is 9.42. The first-order chi connectivity index (χ1) is 22.0. The van der Waals surface area contributed by atoms with E-state index in [1.807, 2.05) is 0 Å². The van der Waals surface area contributed by atoms with E-state index >= 15 is 0 Å². The van der Waals surface area contributed by atoms with Crippen LogP contribution in [0.2, 0.25) is 20.1 Å². The maximum Gasteiger partial charge on any atom is 0.335 e. The van der Waals surface area contributed by atoms with Gasteiger partial charge in [0, 0.05) is 23.0 Å². The fourth-order valence-electron chi connectivity index (χ4n) is 6.23. The first-order valence-electron chi connectivity index (χ1n) is 13.8. The summed E-state index contributed by atoms with van der Waals surface area (Å²) in [6, 6.07) is 25.4. The Morgan fingerprint density at radius 3 is 1.20 bits per heavy atom. The van der Waals surface area contributed by atoms with Gasteiger partial charge in [-0.1, -0.05) is 94.9 Å². The van der Waals surface area contributed by atoms with E-state index < -0.39 is 46.7 Å². The van der Waals surface area contributed by atoms with Crippen molar-refractivity contribution in [2.45, 2.75) is 22.9 Å². The summed E-state index contributed by atoms with van der Waals surface area (Å²) in [6.07, 6.45) is 0. The van der Waals surface area contributed by atoms with Gasteiger partial charge in [-0.25, -0.2) is 9.59 Å². The van der Waals surface area contributed by atoms with Crippen LogP contribution < -0.4 is 10.6 Å². The third-order valence-corrected chi connectivity index (χ3v) is 9.68. The van der Waals surface area contributed by atoms with Crippen molar-refractivity contribution in [1.82, 2.24) is 10.6 Å². The topological polar surface area (TPSA) is 111 Å². The SMILES string of the molecule is COC(=O)C1(NC(=O)c2ccccc2)C(c2ccc(Cl)c(Cl)c2)C(c2ccc(Cl)c(Cl)c2)C1(NC(=O)c1ccccc1)C(=O)OC. The van der Waals surface area contributed by atoms with E-state index in [9.17, 15) is 19.2 Å². The summed E-state index contributed by atoms with van der Waals surface area (Å²) in [7, 11) is 2.22. The molecule has 0 spiro atoms. The van der Waals surface area contributed by atoms with Gasteiger partial charge in [-0.15, -0.1) is 0 Å². The van der Waals surface area contributed by atoms with Crippen molar-refractivity contribution in [3.05, 3.63) is 139 Å². The fourth-order valence-corrected chi connectivity index (χ4v) is 6.84. The third kappa shape index (κ3) is 5.49. The Labute approximate surface area is 284 Å². The molecule has 0 aromatic heterocycles. The molecular weight excluding hydrogens is 674 g/mol. The van der Waals surface area contributed by atoms with Gasteiger partial charge in [0.15, 0.2) is 11.1 Å². The van der Waals surface area contributed by atoms with Gasteiger partial charge in [-0.05, 0) is 59.7 Å². The van der Waals surface area contributed by atoms with Crippen LogP contribution in [-0.2, 0) is 19.1 Å². The molecule has 2 N–H and O–H groups in total. The zero-order valence-corrected chi connectivity index (χ0v) is 27.4. The van der Waals surface area contributed by atoms with E-state index in [1.54, 1.807) is 48.5 Å². The summed E-state index contributed by atoms with van der Waals surface area (Å²) in [6.45, 7) is 0. The highest BCUT2D eigenvalue weighted by molar-refractivity contribution is 6.42. The highest BCUT2D eigenvalue weighted by Gasteiger charge is 2.82. The number of benzene rings is 4. The second kappa shape index (κ2) is 13.3. The standard InChI is InChI=1S/C34H26Cl4N2O6/c1-45-31(43)33(39-29(41)19-9-5-3-6-10-19)27(21-13-15-23(35)25(37)17-21)28(22-14-16-24(36)26(38)18-22)34(33,32(44)46-2)40-30(42)20-11-7-4-8-12-20/h3-18,27-28H,1-2H3,(H,39,41)(H,40,42). The molecule has 12 heteroatoms. The van der Waals surface area contributed by atoms with Gasteiger partial charge < -0.3 is 20.1 Å². The first-order valence-corrected chi connectivity index (χ1v) is 15.3. The summed E-state index contributed by atoms with van der Waals surface area (Å²) >= 11 is 25.5. The molecule has 0 heterocycles. The Kier molecular flexibility index (Phi) is 9.65. The van der Waals surface area contributed by atoms with Gasteiger partial charge in [-0.2, -0.15) is 0 Å². The molecule has 46 heavy (non-hydrogen) atoms. The van der Waals surface area contributed by atoms with Crippen LogP contribution in [0.4, 0.5) is 0 Å². The minimum Gasteiger partial charge on any atom is -0.467 e. The van der Waals surface area contributed by atoms with Crippen molar-refractivity contribution in [2.75, 3.05) is 14.2 Å².